The minimum Gasteiger partial charge on any atom is -0.495 e. The van der Waals surface area contributed by atoms with Crippen molar-refractivity contribution in [2.45, 2.75) is 18.9 Å². The molecule has 3 aromatic rings. The number of benzene rings is 1. The molecule has 2 aromatic heterocycles. The molecular formula is C28H33Cl2N5O4. The molecule has 1 aliphatic heterocycles. The standard InChI is InChI=1S/C28H33Cl2N5O4/c1-31-23-14-20-17(16-32-23)13-19(25-26(29)21(38-4)15-22(39-5)27(25)30)28(37)35(20)18-8-11-34(12-9-18)24(36)7-6-10-33(2)3/h6-7,13-16,18H,8-12H2,1-5H3,(H,31,32). The van der Waals surface area contributed by atoms with Crippen LogP contribution in [0, 0.1) is 0 Å². The fourth-order valence-corrected chi connectivity index (χ4v) is 5.55. The lowest BCUT2D eigenvalue weighted by molar-refractivity contribution is -0.127. The van der Waals surface area contributed by atoms with Crippen LogP contribution in [0.1, 0.15) is 18.9 Å². The van der Waals surface area contributed by atoms with Crippen molar-refractivity contribution in [3.8, 4) is 22.6 Å². The predicted octanol–water partition coefficient (Wildman–Crippen LogP) is 4.71. The number of carbonyl (C=O) groups excluding carboxylic acids is 1. The molecule has 0 unspecified atom stereocenters. The molecule has 1 amide bonds. The van der Waals surface area contributed by atoms with Crippen molar-refractivity contribution in [3.63, 3.8) is 0 Å². The van der Waals surface area contributed by atoms with E-state index in [0.29, 0.717) is 60.9 Å². The SMILES string of the molecule is CNc1cc2c(cn1)cc(-c1c(Cl)c(OC)cc(OC)c1Cl)c(=O)n2C1CCN(C(=O)C=CCN(C)C)CC1. The molecule has 9 nitrogen and oxygen atoms in total. The molecule has 1 N–H and O–H groups in total. The van der Waals surface area contributed by atoms with E-state index < -0.39 is 0 Å². The summed E-state index contributed by atoms with van der Waals surface area (Å²) in [5.74, 6) is 1.31. The van der Waals surface area contributed by atoms with Gasteiger partial charge in [-0.1, -0.05) is 29.3 Å². The Bertz CT molecular complexity index is 1430. The van der Waals surface area contributed by atoms with E-state index in [1.807, 2.05) is 36.0 Å². The molecule has 1 fully saturated rings. The lowest BCUT2D eigenvalue weighted by atomic mass is 10.00. The number of methoxy groups -OCH3 is 2. The molecule has 0 saturated carbocycles. The van der Waals surface area contributed by atoms with Crippen molar-refractivity contribution < 1.29 is 14.3 Å². The Morgan fingerprint density at radius 2 is 1.77 bits per heavy atom. The number of halogens is 2. The van der Waals surface area contributed by atoms with Crippen molar-refractivity contribution in [3.05, 3.63) is 56.9 Å². The van der Waals surface area contributed by atoms with Crippen LogP contribution in [0.5, 0.6) is 11.5 Å². The van der Waals surface area contributed by atoms with Crippen molar-refractivity contribution in [1.82, 2.24) is 19.4 Å². The van der Waals surface area contributed by atoms with E-state index in [-0.39, 0.29) is 27.6 Å². The molecule has 39 heavy (non-hydrogen) atoms. The van der Waals surface area contributed by atoms with Gasteiger partial charge in [0.15, 0.2) is 0 Å². The van der Waals surface area contributed by atoms with Gasteiger partial charge >= 0.3 is 0 Å². The van der Waals surface area contributed by atoms with Crippen LogP contribution in [-0.4, -0.2) is 80.3 Å². The zero-order valence-electron chi connectivity index (χ0n) is 22.8. The van der Waals surface area contributed by atoms with Crippen molar-refractivity contribution in [2.24, 2.45) is 0 Å². The number of carbonyl (C=O) groups is 1. The zero-order valence-corrected chi connectivity index (χ0v) is 24.3. The van der Waals surface area contributed by atoms with Crippen molar-refractivity contribution >= 4 is 45.8 Å². The number of anilines is 1. The Labute approximate surface area is 237 Å². The maximum absolute atomic E-state index is 14.2. The molecule has 1 aromatic carbocycles. The highest BCUT2D eigenvalue weighted by Crippen LogP contribution is 2.45. The zero-order chi connectivity index (χ0) is 28.3. The van der Waals surface area contributed by atoms with E-state index in [1.54, 1.807) is 36.0 Å². The van der Waals surface area contributed by atoms with Gasteiger partial charge in [0.1, 0.15) is 17.3 Å². The first kappa shape index (κ1) is 28.7. The number of hydrogen-bond acceptors (Lipinski definition) is 7. The van der Waals surface area contributed by atoms with E-state index in [0.717, 1.165) is 10.9 Å². The van der Waals surface area contributed by atoms with Gasteiger partial charge in [-0.05, 0) is 33.0 Å². The third-order valence-electron chi connectivity index (χ3n) is 6.89. The third kappa shape index (κ3) is 5.85. The molecule has 11 heteroatoms. The summed E-state index contributed by atoms with van der Waals surface area (Å²) in [6.45, 7) is 1.76. The molecular weight excluding hydrogens is 541 g/mol. The van der Waals surface area contributed by atoms with Crippen LogP contribution in [0.25, 0.3) is 22.0 Å². The summed E-state index contributed by atoms with van der Waals surface area (Å²) >= 11 is 13.4. The third-order valence-corrected chi connectivity index (χ3v) is 7.64. The Balaban J connectivity index is 1.81. The maximum Gasteiger partial charge on any atom is 0.259 e. The van der Waals surface area contributed by atoms with E-state index in [9.17, 15) is 9.59 Å². The highest BCUT2D eigenvalue weighted by atomic mass is 35.5. The maximum atomic E-state index is 14.2. The van der Waals surface area contributed by atoms with Crippen LogP contribution < -0.4 is 20.3 Å². The number of likely N-dealkylation sites (N-methyl/N-ethyl adjacent to an activating group) is 1. The summed E-state index contributed by atoms with van der Waals surface area (Å²) in [6.07, 6.45) is 6.43. The summed E-state index contributed by atoms with van der Waals surface area (Å²) < 4.78 is 12.7. The summed E-state index contributed by atoms with van der Waals surface area (Å²) in [7, 11) is 8.66. The first-order chi connectivity index (χ1) is 18.7. The number of hydrogen-bond donors (Lipinski definition) is 1. The number of nitrogens with one attached hydrogen (secondary N) is 1. The molecule has 4 rings (SSSR count). The van der Waals surface area contributed by atoms with Crippen LogP contribution in [0.3, 0.4) is 0 Å². The number of piperidine rings is 1. The fraction of sp³-hybridized carbons (Fsp3) is 0.393. The van der Waals surface area contributed by atoms with Gasteiger partial charge in [0.2, 0.25) is 5.91 Å². The summed E-state index contributed by atoms with van der Waals surface area (Å²) in [4.78, 5) is 35.2. The highest BCUT2D eigenvalue weighted by Gasteiger charge is 2.28. The number of ether oxygens (including phenoxy) is 2. The number of fused-ring (bicyclic) bond motifs is 1. The van der Waals surface area contributed by atoms with E-state index in [2.05, 4.69) is 10.3 Å². The van der Waals surface area contributed by atoms with Crippen LogP contribution in [-0.2, 0) is 4.79 Å². The van der Waals surface area contributed by atoms with Gasteiger partial charge in [0.05, 0.1) is 35.3 Å². The van der Waals surface area contributed by atoms with Gasteiger partial charge in [0, 0.05) is 68.1 Å². The number of amides is 1. The first-order valence-electron chi connectivity index (χ1n) is 12.6. The number of nitrogens with zero attached hydrogens (tertiary/aromatic N) is 4. The van der Waals surface area contributed by atoms with Crippen molar-refractivity contribution in [1.29, 1.82) is 0 Å². The second-order valence-corrected chi connectivity index (χ2v) is 10.4. The lowest BCUT2D eigenvalue weighted by Gasteiger charge is -2.33. The minimum absolute atomic E-state index is 0.0232. The number of likely N-dealkylation sites (tertiary alicyclic amines) is 1. The Kier molecular flexibility index (Phi) is 9.04. The molecule has 0 radical (unpaired) electrons. The molecule has 1 saturated heterocycles. The van der Waals surface area contributed by atoms with Gasteiger partial charge < -0.3 is 29.2 Å². The Hall–Kier alpha value is -3.27. The average Bonchev–Trinajstić information content (AvgIpc) is 2.93. The topological polar surface area (TPSA) is 88.9 Å². The highest BCUT2D eigenvalue weighted by molar-refractivity contribution is 6.41. The number of rotatable bonds is 8. The van der Waals surface area contributed by atoms with Gasteiger partial charge in [-0.15, -0.1) is 0 Å². The lowest BCUT2D eigenvalue weighted by Crippen LogP contribution is -2.40. The van der Waals surface area contributed by atoms with E-state index in [4.69, 9.17) is 32.7 Å². The number of pyridine rings is 2. The van der Waals surface area contributed by atoms with E-state index >= 15 is 0 Å². The monoisotopic (exact) mass is 573 g/mol. The second-order valence-electron chi connectivity index (χ2n) is 9.62. The molecule has 0 aliphatic carbocycles. The van der Waals surface area contributed by atoms with Crippen molar-refractivity contribution in [2.75, 3.05) is 60.3 Å². The largest absolute Gasteiger partial charge is 0.495 e. The molecule has 3 heterocycles. The smallest absolute Gasteiger partial charge is 0.259 e. The molecule has 0 atom stereocenters. The fourth-order valence-electron chi connectivity index (χ4n) is 4.85. The van der Waals surface area contributed by atoms with Crippen LogP contribution in [0.2, 0.25) is 10.0 Å². The molecule has 208 valence electrons. The van der Waals surface area contributed by atoms with E-state index in [1.165, 1.54) is 14.2 Å². The van der Waals surface area contributed by atoms with Gasteiger partial charge in [-0.2, -0.15) is 0 Å². The summed E-state index contributed by atoms with van der Waals surface area (Å²) in [6, 6.07) is 5.05. The summed E-state index contributed by atoms with van der Waals surface area (Å²) in [5, 5.41) is 4.24. The normalized spacial score (nSPS) is 14.4. The van der Waals surface area contributed by atoms with Crippen LogP contribution in [0.15, 0.2) is 41.3 Å². The molecule has 0 bridgehead atoms. The summed E-state index contributed by atoms with van der Waals surface area (Å²) in [5.41, 5.74) is 1.15. The number of aromatic nitrogens is 2. The quantitative estimate of drug-likeness (QED) is 0.390. The second kappa shape index (κ2) is 12.3. The Morgan fingerprint density at radius 1 is 1.13 bits per heavy atom. The van der Waals surface area contributed by atoms with Gasteiger partial charge in [-0.3, -0.25) is 9.59 Å². The van der Waals surface area contributed by atoms with Crippen LogP contribution >= 0.6 is 23.2 Å². The molecule has 0 spiro atoms. The van der Waals surface area contributed by atoms with Crippen LogP contribution in [0.4, 0.5) is 5.82 Å². The molecule has 1 aliphatic rings. The first-order valence-corrected chi connectivity index (χ1v) is 13.4. The Morgan fingerprint density at radius 3 is 2.33 bits per heavy atom. The minimum atomic E-state index is -0.245. The van der Waals surface area contributed by atoms with Gasteiger partial charge in [0.25, 0.3) is 5.56 Å². The van der Waals surface area contributed by atoms with Gasteiger partial charge in [-0.25, -0.2) is 4.98 Å². The predicted molar refractivity (Wildman–Crippen MR) is 157 cm³/mol. The average molecular weight is 575 g/mol.